The van der Waals surface area contributed by atoms with Crippen molar-refractivity contribution >= 4 is 44.9 Å². The third kappa shape index (κ3) is 4.12. The van der Waals surface area contributed by atoms with Gasteiger partial charge in [-0.2, -0.15) is 0 Å². The molecule has 10 heteroatoms. The van der Waals surface area contributed by atoms with Crippen LogP contribution in [-0.4, -0.2) is 29.8 Å². The SMILES string of the molecule is CCc1nnc(N2C(=O)c3oc4ccc(Cl)cc4c(=O)c3C2c2ccc(OCC(C)C)c(OC)c2)s1. The van der Waals surface area contributed by atoms with Gasteiger partial charge in [0, 0.05) is 5.02 Å². The number of nitrogens with zero attached hydrogens (tertiary/aromatic N) is 3. The highest BCUT2D eigenvalue weighted by atomic mass is 35.5. The van der Waals surface area contributed by atoms with Gasteiger partial charge < -0.3 is 13.9 Å². The average Bonchev–Trinajstić information content (AvgIpc) is 3.45. The zero-order chi connectivity index (χ0) is 25.6. The minimum absolute atomic E-state index is 0.0211. The lowest BCUT2D eigenvalue weighted by Gasteiger charge is -2.23. The minimum atomic E-state index is -0.794. The van der Waals surface area contributed by atoms with Gasteiger partial charge in [-0.3, -0.25) is 14.5 Å². The number of amides is 1. The third-order valence-corrected chi connectivity index (χ3v) is 7.17. The second-order valence-corrected chi connectivity index (χ2v) is 10.3. The first kappa shape index (κ1) is 24.3. The van der Waals surface area contributed by atoms with Crippen molar-refractivity contribution in [2.45, 2.75) is 33.2 Å². The number of ether oxygens (including phenoxy) is 2. The maximum atomic E-state index is 13.8. The second-order valence-electron chi connectivity index (χ2n) is 8.84. The third-order valence-electron chi connectivity index (χ3n) is 5.87. The molecule has 0 saturated heterocycles. The first-order chi connectivity index (χ1) is 17.3. The van der Waals surface area contributed by atoms with Crippen molar-refractivity contribution in [3.05, 3.63) is 73.5 Å². The molecule has 0 aliphatic carbocycles. The molecule has 0 N–H and O–H groups in total. The Morgan fingerprint density at radius 1 is 1.14 bits per heavy atom. The molecule has 0 radical (unpaired) electrons. The van der Waals surface area contributed by atoms with E-state index in [4.69, 9.17) is 25.5 Å². The summed E-state index contributed by atoms with van der Waals surface area (Å²) in [7, 11) is 1.55. The Bertz CT molecular complexity index is 1530. The van der Waals surface area contributed by atoms with Gasteiger partial charge in [-0.05, 0) is 48.2 Å². The van der Waals surface area contributed by atoms with E-state index in [1.54, 1.807) is 37.4 Å². The Morgan fingerprint density at radius 3 is 2.64 bits per heavy atom. The standard InChI is InChI=1S/C26H24ClN3O5S/c1-5-20-28-29-26(36-20)30-22(14-6-8-18(19(10-14)33-4)34-12-13(2)3)21-23(31)16-11-15(27)7-9-17(16)35-24(21)25(30)32/h6-11,13,22H,5,12H2,1-4H3. The average molecular weight is 526 g/mol. The van der Waals surface area contributed by atoms with E-state index in [9.17, 15) is 9.59 Å². The minimum Gasteiger partial charge on any atom is -0.493 e. The zero-order valence-corrected chi connectivity index (χ0v) is 21.8. The van der Waals surface area contributed by atoms with Crippen molar-refractivity contribution in [3.63, 3.8) is 0 Å². The molecular weight excluding hydrogens is 502 g/mol. The Morgan fingerprint density at radius 2 is 1.94 bits per heavy atom. The smallest absolute Gasteiger partial charge is 0.297 e. The van der Waals surface area contributed by atoms with Gasteiger partial charge in [-0.25, -0.2) is 0 Å². The number of anilines is 1. The number of hydrogen-bond donors (Lipinski definition) is 0. The van der Waals surface area contributed by atoms with Crippen LogP contribution in [0.1, 0.15) is 53.5 Å². The first-order valence-corrected chi connectivity index (χ1v) is 12.7. The number of rotatable bonds is 7. The molecule has 2 aromatic carbocycles. The molecule has 0 bridgehead atoms. The van der Waals surface area contributed by atoms with Crippen molar-refractivity contribution in [3.8, 4) is 11.5 Å². The van der Waals surface area contributed by atoms with Crippen molar-refractivity contribution in [2.24, 2.45) is 5.92 Å². The number of carbonyl (C=O) groups is 1. The molecule has 0 spiro atoms. The van der Waals surface area contributed by atoms with Gasteiger partial charge in [-0.1, -0.05) is 49.8 Å². The van der Waals surface area contributed by atoms with Gasteiger partial charge >= 0.3 is 0 Å². The summed E-state index contributed by atoms with van der Waals surface area (Å²) in [6.07, 6.45) is 0.673. The monoisotopic (exact) mass is 525 g/mol. The van der Waals surface area contributed by atoms with Gasteiger partial charge in [0.05, 0.1) is 30.7 Å². The van der Waals surface area contributed by atoms with E-state index in [0.29, 0.717) is 57.1 Å². The predicted octanol–water partition coefficient (Wildman–Crippen LogP) is 5.65. The van der Waals surface area contributed by atoms with Gasteiger partial charge in [0.1, 0.15) is 10.6 Å². The van der Waals surface area contributed by atoms with E-state index in [2.05, 4.69) is 24.0 Å². The molecule has 0 saturated carbocycles. The van der Waals surface area contributed by atoms with Crippen molar-refractivity contribution in [1.82, 2.24) is 10.2 Å². The molecule has 2 aromatic heterocycles. The molecule has 1 amide bonds. The van der Waals surface area contributed by atoms with Crippen LogP contribution in [0.25, 0.3) is 11.0 Å². The zero-order valence-electron chi connectivity index (χ0n) is 20.2. The molecule has 8 nitrogen and oxygen atoms in total. The Hall–Kier alpha value is -3.43. The van der Waals surface area contributed by atoms with E-state index in [1.165, 1.54) is 16.2 Å². The molecule has 186 valence electrons. The summed E-state index contributed by atoms with van der Waals surface area (Å²) in [5.41, 5.74) is 0.839. The maximum absolute atomic E-state index is 13.8. The Labute approximate surface area is 216 Å². The van der Waals surface area contributed by atoms with Crippen molar-refractivity contribution in [2.75, 3.05) is 18.6 Å². The Balaban J connectivity index is 1.72. The lowest BCUT2D eigenvalue weighted by Crippen LogP contribution is -2.29. The molecule has 0 fully saturated rings. The quantitative estimate of drug-likeness (QED) is 0.307. The van der Waals surface area contributed by atoms with E-state index >= 15 is 0 Å². The fourth-order valence-corrected chi connectivity index (χ4v) is 5.15. The van der Waals surface area contributed by atoms with Crippen LogP contribution in [0.15, 0.2) is 45.6 Å². The molecular formula is C26H24ClN3O5S. The molecule has 1 atom stereocenters. The van der Waals surface area contributed by atoms with Crippen molar-refractivity contribution in [1.29, 1.82) is 0 Å². The fraction of sp³-hybridized carbons (Fsp3) is 0.308. The van der Waals surface area contributed by atoms with Crippen LogP contribution in [0.3, 0.4) is 0 Å². The molecule has 1 aliphatic rings. The fourth-order valence-electron chi connectivity index (χ4n) is 4.17. The normalized spacial score (nSPS) is 15.1. The molecule has 1 unspecified atom stereocenters. The number of carbonyl (C=O) groups excluding carboxylic acids is 1. The maximum Gasteiger partial charge on any atom is 0.297 e. The summed E-state index contributed by atoms with van der Waals surface area (Å²) in [6, 6.07) is 9.35. The van der Waals surface area contributed by atoms with Crippen LogP contribution < -0.4 is 19.8 Å². The number of aryl methyl sites for hydroxylation is 1. The van der Waals surface area contributed by atoms with Crippen LogP contribution in [0.4, 0.5) is 5.13 Å². The first-order valence-electron chi connectivity index (χ1n) is 11.5. The number of fused-ring (bicyclic) bond motifs is 2. The molecule has 5 rings (SSSR count). The largest absolute Gasteiger partial charge is 0.493 e. The van der Waals surface area contributed by atoms with Crippen LogP contribution in [-0.2, 0) is 6.42 Å². The number of aromatic nitrogens is 2. The van der Waals surface area contributed by atoms with Crippen LogP contribution >= 0.6 is 22.9 Å². The number of hydrogen-bond acceptors (Lipinski definition) is 8. The molecule has 4 aromatic rings. The van der Waals surface area contributed by atoms with E-state index < -0.39 is 11.9 Å². The van der Waals surface area contributed by atoms with Gasteiger partial charge in [0.2, 0.25) is 10.9 Å². The highest BCUT2D eigenvalue weighted by molar-refractivity contribution is 7.15. The number of halogens is 1. The molecule has 3 heterocycles. The van der Waals surface area contributed by atoms with Crippen LogP contribution in [0, 0.1) is 5.92 Å². The predicted molar refractivity (Wildman–Crippen MR) is 139 cm³/mol. The lowest BCUT2D eigenvalue weighted by atomic mass is 9.98. The van der Waals surface area contributed by atoms with E-state index in [1.807, 2.05) is 13.0 Å². The second kappa shape index (κ2) is 9.55. The summed E-state index contributed by atoms with van der Waals surface area (Å²) in [5, 5.41) is 10.3. The number of methoxy groups -OCH3 is 1. The van der Waals surface area contributed by atoms with Crippen molar-refractivity contribution < 1.29 is 18.7 Å². The Kier molecular flexibility index (Phi) is 6.44. The number of benzene rings is 2. The molecule has 1 aliphatic heterocycles. The van der Waals surface area contributed by atoms with Crippen LogP contribution in [0.2, 0.25) is 5.02 Å². The summed E-state index contributed by atoms with van der Waals surface area (Å²) >= 11 is 7.47. The van der Waals surface area contributed by atoms with E-state index in [-0.39, 0.29) is 16.8 Å². The lowest BCUT2D eigenvalue weighted by molar-refractivity contribution is 0.0970. The highest BCUT2D eigenvalue weighted by Crippen LogP contribution is 2.44. The summed E-state index contributed by atoms with van der Waals surface area (Å²) in [5.74, 6) is 0.925. The highest BCUT2D eigenvalue weighted by Gasteiger charge is 2.45. The van der Waals surface area contributed by atoms with Gasteiger partial charge in [0.15, 0.2) is 16.9 Å². The topological polar surface area (TPSA) is 94.8 Å². The molecule has 36 heavy (non-hydrogen) atoms. The van der Waals surface area contributed by atoms with Gasteiger partial charge in [0.25, 0.3) is 5.91 Å². The van der Waals surface area contributed by atoms with E-state index in [0.717, 1.165) is 5.01 Å². The van der Waals surface area contributed by atoms with Gasteiger partial charge in [-0.15, -0.1) is 10.2 Å². The summed E-state index contributed by atoms with van der Waals surface area (Å²) < 4.78 is 17.5. The summed E-state index contributed by atoms with van der Waals surface area (Å²) in [6.45, 7) is 6.60. The summed E-state index contributed by atoms with van der Waals surface area (Å²) in [4.78, 5) is 28.9. The van der Waals surface area contributed by atoms with Crippen LogP contribution in [0.5, 0.6) is 11.5 Å².